The van der Waals surface area contributed by atoms with Gasteiger partial charge in [-0.3, -0.25) is 4.79 Å². The Balaban J connectivity index is 1.81. The third-order valence-electron chi connectivity index (χ3n) is 5.00. The van der Waals surface area contributed by atoms with Crippen LogP contribution in [0.3, 0.4) is 0 Å². The molecule has 0 aliphatic carbocycles. The van der Waals surface area contributed by atoms with Crippen molar-refractivity contribution in [1.29, 1.82) is 0 Å². The number of carbonyl (C=O) groups is 1. The maximum Gasteiger partial charge on any atom is 0.241 e. The third-order valence-corrected chi connectivity index (χ3v) is 7.23. The van der Waals surface area contributed by atoms with Gasteiger partial charge in [0.15, 0.2) is 0 Å². The van der Waals surface area contributed by atoms with Crippen molar-refractivity contribution in [3.05, 3.63) is 95.8 Å². The molecule has 0 aromatic heterocycles. The largest absolute Gasteiger partial charge is 0.348 e. The second kappa shape index (κ2) is 10.8. The minimum absolute atomic E-state index is 0.106. The van der Waals surface area contributed by atoms with Crippen LogP contribution < -0.4 is 10.0 Å². The second-order valence-electron chi connectivity index (χ2n) is 7.32. The fourth-order valence-electron chi connectivity index (χ4n) is 3.20. The summed E-state index contributed by atoms with van der Waals surface area (Å²) in [5.41, 5.74) is 1.72. The van der Waals surface area contributed by atoms with E-state index < -0.39 is 27.8 Å². The van der Waals surface area contributed by atoms with Crippen molar-refractivity contribution in [1.82, 2.24) is 10.0 Å². The maximum atomic E-state index is 13.2. The van der Waals surface area contributed by atoms with E-state index >= 15 is 0 Å². The van der Waals surface area contributed by atoms with E-state index in [0.29, 0.717) is 0 Å². The van der Waals surface area contributed by atoms with Gasteiger partial charge in [-0.25, -0.2) is 12.8 Å². The number of hydrogen-bond donors (Lipinski definition) is 2. The van der Waals surface area contributed by atoms with Crippen LogP contribution in [-0.2, 0) is 21.2 Å². The predicted molar refractivity (Wildman–Crippen MR) is 125 cm³/mol. The summed E-state index contributed by atoms with van der Waals surface area (Å²) in [6, 6.07) is 20.1. The second-order valence-corrected chi connectivity index (χ2v) is 9.91. The molecule has 32 heavy (non-hydrogen) atoms. The van der Waals surface area contributed by atoms with Gasteiger partial charge in [0.25, 0.3) is 0 Å². The van der Waals surface area contributed by atoms with Gasteiger partial charge >= 0.3 is 0 Å². The van der Waals surface area contributed by atoms with Crippen molar-refractivity contribution >= 4 is 27.7 Å². The summed E-state index contributed by atoms with van der Waals surface area (Å²) < 4.78 is 41.4. The predicted octanol–water partition coefficient (Wildman–Crippen LogP) is 4.31. The topological polar surface area (TPSA) is 75.3 Å². The lowest BCUT2D eigenvalue weighted by molar-refractivity contribution is -0.123. The van der Waals surface area contributed by atoms with Crippen LogP contribution in [0.15, 0.2) is 88.7 Å². The number of thioether (sulfide) groups is 1. The Hall–Kier alpha value is -2.68. The highest BCUT2D eigenvalue weighted by molar-refractivity contribution is 7.98. The van der Waals surface area contributed by atoms with Gasteiger partial charge in [0.2, 0.25) is 15.9 Å². The summed E-state index contributed by atoms with van der Waals surface area (Å²) in [4.78, 5) is 14.1. The molecule has 0 radical (unpaired) electrons. The van der Waals surface area contributed by atoms with Gasteiger partial charge in [-0.05, 0) is 67.1 Å². The minimum atomic E-state index is -4.03. The first kappa shape index (κ1) is 24.0. The zero-order valence-electron chi connectivity index (χ0n) is 17.8. The van der Waals surface area contributed by atoms with Crippen molar-refractivity contribution in [2.24, 2.45) is 0 Å². The summed E-state index contributed by atoms with van der Waals surface area (Å²) >= 11 is 1.63. The number of benzene rings is 3. The van der Waals surface area contributed by atoms with Crippen LogP contribution in [-0.4, -0.2) is 26.6 Å². The number of carbonyl (C=O) groups excluding carboxylic acids is 1. The number of sulfonamides is 1. The van der Waals surface area contributed by atoms with E-state index in [2.05, 4.69) is 10.0 Å². The molecule has 5 nitrogen and oxygen atoms in total. The molecule has 0 aliphatic rings. The standard InChI is InChI=1S/C24H25FN2O3S2/c1-17(19-8-12-21(31-2)13-9-19)26-24(28)23(16-18-6-4-3-5-7-18)27-32(29,30)22-14-10-20(25)11-15-22/h3-15,17,23,27H,16H2,1-2H3,(H,26,28)/t17-,23-/m1/s1. The van der Waals surface area contributed by atoms with Gasteiger partial charge < -0.3 is 5.32 Å². The van der Waals surface area contributed by atoms with Crippen LogP contribution in [0.25, 0.3) is 0 Å². The summed E-state index contributed by atoms with van der Waals surface area (Å²) in [6.07, 6.45) is 2.16. The Labute approximate surface area is 192 Å². The maximum absolute atomic E-state index is 13.2. The summed E-state index contributed by atoms with van der Waals surface area (Å²) in [7, 11) is -4.03. The zero-order chi connectivity index (χ0) is 23.1. The number of hydrogen-bond acceptors (Lipinski definition) is 4. The van der Waals surface area contributed by atoms with Crippen LogP contribution in [0.1, 0.15) is 24.1 Å². The zero-order valence-corrected chi connectivity index (χ0v) is 19.4. The number of halogens is 1. The first-order valence-electron chi connectivity index (χ1n) is 10.0. The molecule has 0 saturated carbocycles. The van der Waals surface area contributed by atoms with Crippen LogP contribution in [0.4, 0.5) is 4.39 Å². The SMILES string of the molecule is CSc1ccc([C@@H](C)NC(=O)[C@@H](Cc2ccccc2)NS(=O)(=O)c2ccc(F)cc2)cc1. The lowest BCUT2D eigenvalue weighted by atomic mass is 10.0. The molecule has 2 atom stereocenters. The fraction of sp³-hybridized carbons (Fsp3) is 0.208. The number of amides is 1. The third kappa shape index (κ3) is 6.41. The van der Waals surface area contributed by atoms with E-state index in [4.69, 9.17) is 0 Å². The molecule has 168 valence electrons. The fourth-order valence-corrected chi connectivity index (χ4v) is 4.80. The average Bonchev–Trinajstić information content (AvgIpc) is 2.79. The Morgan fingerprint density at radius 1 is 0.969 bits per heavy atom. The van der Waals surface area contributed by atoms with Crippen molar-refractivity contribution in [3.8, 4) is 0 Å². The molecular weight excluding hydrogens is 447 g/mol. The van der Waals surface area contributed by atoms with Crippen molar-refractivity contribution < 1.29 is 17.6 Å². The molecule has 0 heterocycles. The summed E-state index contributed by atoms with van der Waals surface area (Å²) in [5.74, 6) is -0.982. The molecule has 0 aliphatic heterocycles. The van der Waals surface area contributed by atoms with E-state index in [-0.39, 0.29) is 17.4 Å². The molecule has 0 spiro atoms. The Bertz CT molecular complexity index is 1140. The molecule has 3 aromatic carbocycles. The minimum Gasteiger partial charge on any atom is -0.348 e. The Morgan fingerprint density at radius 3 is 2.19 bits per heavy atom. The van der Waals surface area contributed by atoms with E-state index in [1.165, 1.54) is 12.1 Å². The molecule has 0 saturated heterocycles. The highest BCUT2D eigenvalue weighted by Crippen LogP contribution is 2.19. The first-order chi connectivity index (χ1) is 15.3. The Morgan fingerprint density at radius 2 is 1.59 bits per heavy atom. The molecule has 0 bridgehead atoms. The van der Waals surface area contributed by atoms with E-state index in [9.17, 15) is 17.6 Å². The number of rotatable bonds is 9. The van der Waals surface area contributed by atoms with Crippen molar-refractivity contribution in [2.45, 2.75) is 35.2 Å². The smallest absolute Gasteiger partial charge is 0.241 e. The molecule has 0 unspecified atom stereocenters. The molecular formula is C24H25FN2O3S2. The van der Waals surface area contributed by atoms with Crippen molar-refractivity contribution in [3.63, 3.8) is 0 Å². The van der Waals surface area contributed by atoms with E-state index in [1.54, 1.807) is 11.8 Å². The van der Waals surface area contributed by atoms with Gasteiger partial charge in [0, 0.05) is 4.90 Å². The first-order valence-corrected chi connectivity index (χ1v) is 12.8. The average molecular weight is 473 g/mol. The summed E-state index contributed by atoms with van der Waals surface area (Å²) in [5, 5.41) is 2.90. The summed E-state index contributed by atoms with van der Waals surface area (Å²) in [6.45, 7) is 1.85. The number of nitrogens with one attached hydrogen (secondary N) is 2. The van der Waals surface area contributed by atoms with Crippen LogP contribution in [0, 0.1) is 5.82 Å². The van der Waals surface area contributed by atoms with Gasteiger partial charge in [-0.1, -0.05) is 42.5 Å². The van der Waals surface area contributed by atoms with Gasteiger partial charge in [-0.15, -0.1) is 11.8 Å². The quantitative estimate of drug-likeness (QED) is 0.455. The lowest BCUT2D eigenvalue weighted by Crippen LogP contribution is -2.48. The molecule has 1 amide bonds. The monoisotopic (exact) mass is 472 g/mol. The normalized spacial score (nSPS) is 13.3. The molecule has 2 N–H and O–H groups in total. The van der Waals surface area contributed by atoms with Gasteiger partial charge in [-0.2, -0.15) is 4.72 Å². The van der Waals surface area contributed by atoms with Gasteiger partial charge in [0.1, 0.15) is 11.9 Å². The lowest BCUT2D eigenvalue weighted by Gasteiger charge is -2.22. The van der Waals surface area contributed by atoms with Crippen molar-refractivity contribution in [2.75, 3.05) is 6.26 Å². The molecule has 3 aromatic rings. The molecule has 0 fully saturated rings. The van der Waals surface area contributed by atoms with Gasteiger partial charge in [0.05, 0.1) is 10.9 Å². The Kier molecular flexibility index (Phi) is 8.06. The van der Waals surface area contributed by atoms with Crippen LogP contribution >= 0.6 is 11.8 Å². The molecule has 8 heteroatoms. The van der Waals surface area contributed by atoms with Crippen LogP contribution in [0.5, 0.6) is 0 Å². The van der Waals surface area contributed by atoms with E-state index in [0.717, 1.165) is 28.2 Å². The highest BCUT2D eigenvalue weighted by atomic mass is 32.2. The van der Waals surface area contributed by atoms with Crippen LogP contribution in [0.2, 0.25) is 0 Å². The molecule has 3 rings (SSSR count). The highest BCUT2D eigenvalue weighted by Gasteiger charge is 2.27. The van der Waals surface area contributed by atoms with E-state index in [1.807, 2.05) is 67.8 Å².